The van der Waals surface area contributed by atoms with E-state index in [2.05, 4.69) is 10.6 Å². The molecule has 31 heavy (non-hydrogen) atoms. The van der Waals surface area contributed by atoms with Crippen LogP contribution in [-0.4, -0.2) is 80.5 Å². The maximum Gasteiger partial charge on any atom is 0.291 e. The predicted octanol–water partition coefficient (Wildman–Crippen LogP) is 1.44. The SMILES string of the molecule is COCCCNC(=O)CN1CCN(C(=O)c2ccc(NC(=O)c3ccco3)cc2)CC1. The highest BCUT2D eigenvalue weighted by Crippen LogP contribution is 2.14. The standard InChI is InChI=1S/C22H28N4O5/c1-30-14-3-9-23-20(27)16-25-10-12-26(13-11-25)22(29)17-5-7-18(8-6-17)24-21(28)19-4-2-15-31-19/h2,4-8,15H,3,9-14,16H2,1H3,(H,23,27)(H,24,28). The van der Waals surface area contributed by atoms with Crippen molar-refractivity contribution < 1.29 is 23.5 Å². The Hall–Kier alpha value is -3.17. The Morgan fingerprint density at radius 2 is 1.81 bits per heavy atom. The average molecular weight is 428 g/mol. The van der Waals surface area contributed by atoms with E-state index in [1.165, 1.54) is 6.26 Å². The van der Waals surface area contributed by atoms with E-state index >= 15 is 0 Å². The molecular formula is C22H28N4O5. The maximum atomic E-state index is 12.8. The molecule has 1 aliphatic rings. The molecule has 9 heteroatoms. The fourth-order valence-corrected chi connectivity index (χ4v) is 3.29. The summed E-state index contributed by atoms with van der Waals surface area (Å²) in [5, 5.41) is 5.60. The Morgan fingerprint density at radius 1 is 1.06 bits per heavy atom. The number of carbonyl (C=O) groups is 3. The van der Waals surface area contributed by atoms with Crippen LogP contribution in [0.3, 0.4) is 0 Å². The molecule has 3 rings (SSSR count). The van der Waals surface area contributed by atoms with Crippen LogP contribution in [0.4, 0.5) is 5.69 Å². The first kappa shape index (κ1) is 22.5. The van der Waals surface area contributed by atoms with Crippen molar-refractivity contribution >= 4 is 23.4 Å². The zero-order valence-corrected chi connectivity index (χ0v) is 17.6. The molecule has 0 atom stereocenters. The summed E-state index contributed by atoms with van der Waals surface area (Å²) in [7, 11) is 1.64. The fourth-order valence-electron chi connectivity index (χ4n) is 3.29. The summed E-state index contributed by atoms with van der Waals surface area (Å²) in [6.45, 7) is 3.98. The van der Waals surface area contributed by atoms with Gasteiger partial charge in [-0.3, -0.25) is 19.3 Å². The molecule has 1 aromatic heterocycles. The first-order chi connectivity index (χ1) is 15.1. The van der Waals surface area contributed by atoms with Crippen LogP contribution < -0.4 is 10.6 Å². The first-order valence-corrected chi connectivity index (χ1v) is 10.3. The Kier molecular flexibility index (Phi) is 8.19. The minimum Gasteiger partial charge on any atom is -0.459 e. The molecule has 0 aliphatic carbocycles. The van der Waals surface area contributed by atoms with Gasteiger partial charge in [-0.2, -0.15) is 0 Å². The van der Waals surface area contributed by atoms with E-state index in [0.717, 1.165) is 6.42 Å². The van der Waals surface area contributed by atoms with Crippen LogP contribution in [0.2, 0.25) is 0 Å². The van der Waals surface area contributed by atoms with Crippen LogP contribution in [0, 0.1) is 0 Å². The van der Waals surface area contributed by atoms with E-state index in [1.807, 2.05) is 4.90 Å². The molecule has 2 aromatic rings. The normalized spacial score (nSPS) is 14.3. The second-order valence-corrected chi connectivity index (χ2v) is 7.27. The van der Waals surface area contributed by atoms with Gasteiger partial charge >= 0.3 is 0 Å². The van der Waals surface area contributed by atoms with Crippen molar-refractivity contribution in [3.05, 3.63) is 54.0 Å². The molecular weight excluding hydrogens is 400 g/mol. The third-order valence-electron chi connectivity index (χ3n) is 5.01. The molecule has 9 nitrogen and oxygen atoms in total. The number of hydrogen-bond donors (Lipinski definition) is 2. The van der Waals surface area contributed by atoms with Crippen LogP contribution in [0.1, 0.15) is 27.3 Å². The molecule has 1 aromatic carbocycles. The van der Waals surface area contributed by atoms with E-state index in [1.54, 1.807) is 48.4 Å². The largest absolute Gasteiger partial charge is 0.459 e. The number of amides is 3. The van der Waals surface area contributed by atoms with Crippen molar-refractivity contribution in [3.8, 4) is 0 Å². The number of furan rings is 1. The van der Waals surface area contributed by atoms with Crippen LogP contribution >= 0.6 is 0 Å². The second-order valence-electron chi connectivity index (χ2n) is 7.27. The summed E-state index contributed by atoms with van der Waals surface area (Å²) in [5.41, 5.74) is 1.14. The number of rotatable bonds is 9. The van der Waals surface area contributed by atoms with Gasteiger partial charge in [0.05, 0.1) is 12.8 Å². The van der Waals surface area contributed by atoms with Gasteiger partial charge in [0.1, 0.15) is 0 Å². The van der Waals surface area contributed by atoms with E-state index in [9.17, 15) is 14.4 Å². The highest BCUT2D eigenvalue weighted by atomic mass is 16.5. The number of ether oxygens (including phenoxy) is 1. The Balaban J connectivity index is 1.43. The third kappa shape index (κ3) is 6.66. The zero-order chi connectivity index (χ0) is 22.1. The van der Waals surface area contributed by atoms with Gasteiger partial charge < -0.3 is 24.7 Å². The van der Waals surface area contributed by atoms with Crippen molar-refractivity contribution in [1.29, 1.82) is 0 Å². The Labute approximate surface area is 181 Å². The summed E-state index contributed by atoms with van der Waals surface area (Å²) in [4.78, 5) is 40.6. The molecule has 0 spiro atoms. The molecule has 0 bridgehead atoms. The van der Waals surface area contributed by atoms with Gasteiger partial charge in [-0.1, -0.05) is 0 Å². The van der Waals surface area contributed by atoms with Crippen LogP contribution in [-0.2, 0) is 9.53 Å². The van der Waals surface area contributed by atoms with Crippen molar-refractivity contribution in [2.75, 3.05) is 58.3 Å². The fraction of sp³-hybridized carbons (Fsp3) is 0.409. The molecule has 2 heterocycles. The molecule has 0 unspecified atom stereocenters. The van der Waals surface area contributed by atoms with Gasteiger partial charge in [-0.15, -0.1) is 0 Å². The molecule has 3 amide bonds. The predicted molar refractivity (Wildman–Crippen MR) is 115 cm³/mol. The van der Waals surface area contributed by atoms with Gasteiger partial charge in [0.15, 0.2) is 5.76 Å². The second kappa shape index (κ2) is 11.3. The number of carbonyl (C=O) groups excluding carboxylic acids is 3. The van der Waals surface area contributed by atoms with Crippen molar-refractivity contribution in [3.63, 3.8) is 0 Å². The third-order valence-corrected chi connectivity index (χ3v) is 5.01. The minimum atomic E-state index is -0.345. The van der Waals surface area contributed by atoms with E-state index < -0.39 is 0 Å². The lowest BCUT2D eigenvalue weighted by Crippen LogP contribution is -2.51. The number of hydrogen-bond acceptors (Lipinski definition) is 6. The number of methoxy groups -OCH3 is 1. The zero-order valence-electron chi connectivity index (χ0n) is 17.6. The maximum absolute atomic E-state index is 12.8. The quantitative estimate of drug-likeness (QED) is 0.586. The number of benzene rings is 1. The summed E-state index contributed by atoms with van der Waals surface area (Å²) >= 11 is 0. The van der Waals surface area contributed by atoms with E-state index in [-0.39, 0.29) is 23.5 Å². The smallest absolute Gasteiger partial charge is 0.291 e. The minimum absolute atomic E-state index is 0.0111. The topological polar surface area (TPSA) is 104 Å². The summed E-state index contributed by atoms with van der Waals surface area (Å²) < 4.78 is 10.0. The number of piperazine rings is 1. The van der Waals surface area contributed by atoms with Crippen molar-refractivity contribution in [2.24, 2.45) is 0 Å². The van der Waals surface area contributed by atoms with Gasteiger partial charge in [-0.25, -0.2) is 0 Å². The molecule has 1 fully saturated rings. The Bertz CT molecular complexity index is 859. The van der Waals surface area contributed by atoms with Crippen LogP contribution in [0.25, 0.3) is 0 Å². The number of anilines is 1. The Morgan fingerprint density at radius 3 is 2.45 bits per heavy atom. The lowest BCUT2D eigenvalue weighted by Gasteiger charge is -2.34. The molecule has 0 saturated carbocycles. The van der Waals surface area contributed by atoms with Gasteiger partial charge in [0.25, 0.3) is 11.8 Å². The average Bonchev–Trinajstić information content (AvgIpc) is 3.33. The highest BCUT2D eigenvalue weighted by Gasteiger charge is 2.23. The molecule has 1 saturated heterocycles. The lowest BCUT2D eigenvalue weighted by atomic mass is 10.1. The number of nitrogens with one attached hydrogen (secondary N) is 2. The van der Waals surface area contributed by atoms with Gasteiger partial charge in [-0.05, 0) is 42.8 Å². The van der Waals surface area contributed by atoms with Gasteiger partial charge in [0.2, 0.25) is 5.91 Å². The molecule has 1 aliphatic heterocycles. The van der Waals surface area contributed by atoms with Crippen molar-refractivity contribution in [2.45, 2.75) is 6.42 Å². The number of nitrogens with zero attached hydrogens (tertiary/aromatic N) is 2. The first-order valence-electron chi connectivity index (χ1n) is 10.3. The lowest BCUT2D eigenvalue weighted by molar-refractivity contribution is -0.122. The summed E-state index contributed by atoms with van der Waals surface area (Å²) in [6, 6.07) is 10.0. The van der Waals surface area contributed by atoms with Crippen LogP contribution in [0.15, 0.2) is 47.1 Å². The summed E-state index contributed by atoms with van der Waals surface area (Å²) in [6.07, 6.45) is 2.22. The summed E-state index contributed by atoms with van der Waals surface area (Å²) in [5.74, 6) is -0.194. The highest BCUT2D eigenvalue weighted by molar-refractivity contribution is 6.02. The van der Waals surface area contributed by atoms with E-state index in [4.69, 9.17) is 9.15 Å². The monoisotopic (exact) mass is 428 g/mol. The molecule has 166 valence electrons. The molecule has 0 radical (unpaired) electrons. The van der Waals surface area contributed by atoms with Crippen LogP contribution in [0.5, 0.6) is 0 Å². The van der Waals surface area contributed by atoms with Gasteiger partial charge in [0, 0.05) is 57.7 Å². The van der Waals surface area contributed by atoms with Crippen molar-refractivity contribution in [1.82, 2.24) is 15.1 Å². The molecule has 2 N–H and O–H groups in total. The van der Waals surface area contributed by atoms with E-state index in [0.29, 0.717) is 57.1 Å².